The van der Waals surface area contributed by atoms with E-state index in [4.69, 9.17) is 0 Å². The zero-order valence-corrected chi connectivity index (χ0v) is 7.33. The second-order valence-electron chi connectivity index (χ2n) is 3.22. The molecule has 0 saturated carbocycles. The molecule has 1 atom stereocenters. The van der Waals surface area contributed by atoms with E-state index in [2.05, 4.69) is 38.0 Å². The molecule has 1 rings (SSSR count). The first-order valence-electron chi connectivity index (χ1n) is 4.05. The Bertz CT molecular complexity index is 203. The minimum atomic E-state index is 0.535. The van der Waals surface area contributed by atoms with Crippen LogP contribution < -0.4 is 4.98 Å². The van der Waals surface area contributed by atoms with Gasteiger partial charge in [0.05, 0.1) is 12.0 Å². The molecule has 0 bridgehead atoms. The third kappa shape index (κ3) is 1.94. The smallest absolute Gasteiger partial charge is 0.0619 e. The Morgan fingerprint density at radius 2 is 2.09 bits per heavy atom. The molecule has 0 spiro atoms. The summed E-state index contributed by atoms with van der Waals surface area (Å²) in [6, 6.07) is 5.87. The van der Waals surface area contributed by atoms with E-state index in [1.807, 2.05) is 12.1 Å². The molecule has 0 saturated heterocycles. The molecule has 0 aromatic carbocycles. The van der Waals surface area contributed by atoms with E-state index in [1.54, 1.807) is 0 Å². The number of hydrogen-bond acceptors (Lipinski definition) is 0. The Kier molecular flexibility index (Phi) is 2.48. The lowest BCUT2D eigenvalue weighted by atomic mass is 9.95. The highest BCUT2D eigenvalue weighted by molar-refractivity contribution is 5.01. The van der Waals surface area contributed by atoms with Gasteiger partial charge in [0.2, 0.25) is 0 Å². The predicted molar refractivity (Wildman–Crippen MR) is 44.1 cm³/mol. The molecule has 11 heavy (non-hydrogen) atoms. The van der Waals surface area contributed by atoms with Crippen molar-refractivity contribution in [1.82, 2.24) is 0 Å². The second kappa shape index (κ2) is 3.39. The average molecular weight is 148 g/mol. The van der Waals surface area contributed by atoms with Crippen LogP contribution in [0.5, 0.6) is 0 Å². The van der Waals surface area contributed by atoms with E-state index in [0.29, 0.717) is 11.8 Å². The SMILES string of the molecule is CC(C)C(C)c1cccc#[n+]1. The van der Waals surface area contributed by atoms with Crippen molar-refractivity contribution in [3.8, 4) is 0 Å². The van der Waals surface area contributed by atoms with Gasteiger partial charge in [0, 0.05) is 6.07 Å². The Morgan fingerprint density at radius 1 is 1.36 bits per heavy atom. The number of nitrogens with zero attached hydrogens (tertiary/aromatic N) is 1. The summed E-state index contributed by atoms with van der Waals surface area (Å²) >= 11 is 0. The van der Waals surface area contributed by atoms with Gasteiger partial charge in [-0.3, -0.25) is 0 Å². The minimum Gasteiger partial charge on any atom is -0.0619 e. The number of rotatable bonds is 2. The largest absolute Gasteiger partial charge is 0.320 e. The summed E-state index contributed by atoms with van der Waals surface area (Å²) in [5.74, 6) is 1.19. The first-order chi connectivity index (χ1) is 5.22. The summed E-state index contributed by atoms with van der Waals surface area (Å²) in [4.78, 5) is 4.17. The van der Waals surface area contributed by atoms with Crippen LogP contribution in [-0.4, -0.2) is 0 Å². The zero-order chi connectivity index (χ0) is 8.27. The van der Waals surface area contributed by atoms with Crippen LogP contribution in [0.15, 0.2) is 18.2 Å². The van der Waals surface area contributed by atoms with Crippen LogP contribution >= 0.6 is 0 Å². The fourth-order valence-electron chi connectivity index (χ4n) is 0.934. The summed E-state index contributed by atoms with van der Waals surface area (Å²) < 4.78 is 0. The van der Waals surface area contributed by atoms with Gasteiger partial charge < -0.3 is 0 Å². The zero-order valence-electron chi connectivity index (χ0n) is 7.33. The summed E-state index contributed by atoms with van der Waals surface area (Å²) in [5.41, 5.74) is 1.14. The molecule has 0 aliphatic carbocycles. The normalized spacial score (nSPS) is 12.7. The van der Waals surface area contributed by atoms with Gasteiger partial charge in [-0.2, -0.15) is 0 Å². The van der Waals surface area contributed by atoms with E-state index in [0.717, 1.165) is 5.69 Å². The van der Waals surface area contributed by atoms with Gasteiger partial charge in [-0.15, -0.1) is 0 Å². The summed E-state index contributed by atoms with van der Waals surface area (Å²) in [6.07, 6.45) is 2.85. The van der Waals surface area contributed by atoms with Gasteiger partial charge in [-0.1, -0.05) is 20.8 Å². The highest BCUT2D eigenvalue weighted by atomic mass is 14.6. The third-order valence-corrected chi connectivity index (χ3v) is 2.10. The van der Waals surface area contributed by atoms with Crippen molar-refractivity contribution in [2.75, 3.05) is 0 Å². The first kappa shape index (κ1) is 8.07. The monoisotopic (exact) mass is 148 g/mol. The topological polar surface area (TPSA) is 14.1 Å². The fraction of sp³-hybridized carbons (Fsp3) is 0.500. The Morgan fingerprint density at radius 3 is 2.55 bits per heavy atom. The quantitative estimate of drug-likeness (QED) is 0.624. The van der Waals surface area contributed by atoms with Crippen LogP contribution in [0.4, 0.5) is 0 Å². The summed E-state index contributed by atoms with van der Waals surface area (Å²) in [7, 11) is 0. The van der Waals surface area contributed by atoms with Crippen molar-refractivity contribution in [2.24, 2.45) is 5.92 Å². The van der Waals surface area contributed by atoms with Gasteiger partial charge in [-0.05, 0) is 17.0 Å². The Hall–Kier alpha value is -1.03. The molecule has 0 radical (unpaired) electrons. The van der Waals surface area contributed by atoms with Crippen LogP contribution in [0.25, 0.3) is 0 Å². The highest BCUT2D eigenvalue weighted by Gasteiger charge is 2.18. The summed E-state index contributed by atoms with van der Waals surface area (Å²) in [5, 5.41) is 0. The van der Waals surface area contributed by atoms with Crippen LogP contribution in [0.2, 0.25) is 0 Å². The van der Waals surface area contributed by atoms with Gasteiger partial charge in [0.25, 0.3) is 0 Å². The van der Waals surface area contributed by atoms with Gasteiger partial charge in [0.1, 0.15) is 0 Å². The maximum Gasteiger partial charge on any atom is 0.320 e. The molecule has 1 unspecified atom stereocenters. The molecule has 0 amide bonds. The Balaban J connectivity index is 2.77. The molecule has 1 heterocycles. The summed E-state index contributed by atoms with van der Waals surface area (Å²) in [6.45, 7) is 6.61. The maximum absolute atomic E-state index is 4.17. The van der Waals surface area contributed by atoms with E-state index >= 15 is 0 Å². The lowest BCUT2D eigenvalue weighted by molar-refractivity contribution is -0.312. The molecule has 1 aromatic heterocycles. The number of aromatic nitrogens is 1. The van der Waals surface area contributed by atoms with E-state index < -0.39 is 0 Å². The first-order valence-corrected chi connectivity index (χ1v) is 4.05. The predicted octanol–water partition coefficient (Wildman–Crippen LogP) is 1.85. The lowest BCUT2D eigenvalue weighted by Gasteiger charge is -2.05. The molecule has 1 nitrogen and oxygen atoms in total. The standard InChI is InChI=1S/C10H14N/c1-8(2)9(3)10-6-4-5-7-11-10/h4-6,8-9H,1-3H3/q+1. The molecule has 1 heteroatoms. The van der Waals surface area contributed by atoms with Crippen LogP contribution in [0.1, 0.15) is 32.4 Å². The van der Waals surface area contributed by atoms with E-state index in [-0.39, 0.29) is 0 Å². The molecule has 0 aliphatic heterocycles. The maximum atomic E-state index is 4.17. The molecule has 58 valence electrons. The molecular weight excluding hydrogens is 134 g/mol. The van der Waals surface area contributed by atoms with Crippen LogP contribution in [0, 0.1) is 12.1 Å². The van der Waals surface area contributed by atoms with Crippen molar-refractivity contribution in [2.45, 2.75) is 26.7 Å². The molecule has 0 N–H and O–H groups in total. The Labute approximate surface area is 68.5 Å². The average Bonchev–Trinajstić information content (AvgIpc) is 2.05. The van der Waals surface area contributed by atoms with Crippen LogP contribution in [0.3, 0.4) is 0 Å². The van der Waals surface area contributed by atoms with Crippen LogP contribution in [-0.2, 0) is 0 Å². The molecule has 1 aromatic rings. The molecular formula is C10H14N+. The second-order valence-corrected chi connectivity index (χ2v) is 3.22. The van der Waals surface area contributed by atoms with E-state index in [1.165, 1.54) is 0 Å². The van der Waals surface area contributed by atoms with Gasteiger partial charge >= 0.3 is 11.9 Å². The van der Waals surface area contributed by atoms with Gasteiger partial charge in [0.15, 0.2) is 0 Å². The van der Waals surface area contributed by atoms with Crippen molar-refractivity contribution in [1.29, 1.82) is 0 Å². The molecule has 0 aliphatic rings. The fourth-order valence-corrected chi connectivity index (χ4v) is 0.934. The molecule has 0 fully saturated rings. The van der Waals surface area contributed by atoms with Crippen molar-refractivity contribution < 1.29 is 4.98 Å². The lowest BCUT2D eigenvalue weighted by Crippen LogP contribution is -2.11. The van der Waals surface area contributed by atoms with Crippen molar-refractivity contribution in [3.05, 3.63) is 30.1 Å². The van der Waals surface area contributed by atoms with Crippen molar-refractivity contribution in [3.63, 3.8) is 0 Å². The van der Waals surface area contributed by atoms with Gasteiger partial charge in [-0.25, -0.2) is 0 Å². The van der Waals surface area contributed by atoms with Crippen molar-refractivity contribution >= 4 is 0 Å². The minimum absolute atomic E-state index is 0.535. The number of hydrogen-bond donors (Lipinski definition) is 0. The third-order valence-electron chi connectivity index (χ3n) is 2.10. The highest BCUT2D eigenvalue weighted by Crippen LogP contribution is 2.18. The van der Waals surface area contributed by atoms with E-state index in [9.17, 15) is 0 Å².